The highest BCUT2D eigenvalue weighted by Crippen LogP contribution is 2.49. The summed E-state index contributed by atoms with van der Waals surface area (Å²) in [7, 11) is 0. The Bertz CT molecular complexity index is 846. The van der Waals surface area contributed by atoms with Gasteiger partial charge in [-0.15, -0.1) is 0 Å². The second kappa shape index (κ2) is 5.22. The fourth-order valence-corrected chi connectivity index (χ4v) is 4.34. The first-order chi connectivity index (χ1) is 12.1. The molecule has 2 atom stereocenters. The van der Waals surface area contributed by atoms with Crippen molar-refractivity contribution in [3.8, 4) is 11.5 Å². The van der Waals surface area contributed by atoms with Crippen molar-refractivity contribution in [2.75, 3.05) is 0 Å². The van der Waals surface area contributed by atoms with Crippen molar-refractivity contribution in [2.45, 2.75) is 44.0 Å². The molecular weight excluding hydrogens is 320 g/mol. The molecule has 5 heteroatoms. The maximum absolute atomic E-state index is 12.1. The van der Waals surface area contributed by atoms with Crippen LogP contribution in [0.2, 0.25) is 0 Å². The quantitative estimate of drug-likeness (QED) is 0.746. The Morgan fingerprint density at radius 3 is 2.32 bits per heavy atom. The summed E-state index contributed by atoms with van der Waals surface area (Å²) in [6.45, 7) is 0. The third-order valence-corrected chi connectivity index (χ3v) is 5.52. The molecular formula is C20H18O5. The average molecular weight is 338 g/mol. The average Bonchev–Trinajstić information content (AvgIpc) is 3.04. The summed E-state index contributed by atoms with van der Waals surface area (Å²) in [6.07, 6.45) is 1.86. The first kappa shape index (κ1) is 14.8. The number of cyclic esters (lactones) is 1. The molecule has 5 nitrogen and oxygen atoms in total. The van der Waals surface area contributed by atoms with E-state index < -0.39 is 5.79 Å². The molecule has 0 unspecified atom stereocenters. The zero-order chi connectivity index (χ0) is 17.0. The van der Waals surface area contributed by atoms with E-state index >= 15 is 0 Å². The molecule has 0 amide bonds. The number of ketones is 1. The Balaban J connectivity index is 1.59. The molecule has 1 aliphatic carbocycles. The SMILES string of the molecule is O=C1CCC2(Oc3cccc4cccc(c34)O2)[C@H]([C@H]2CCC(=O)O2)C1. The lowest BCUT2D eigenvalue weighted by Crippen LogP contribution is -2.57. The van der Waals surface area contributed by atoms with E-state index in [1.54, 1.807) is 0 Å². The standard InChI is InChI=1S/C20H18O5/c21-13-9-10-20(14(11-13)15-7-8-18(22)23-15)24-16-5-1-3-12-4-2-6-17(25-20)19(12)16/h1-6,14-15H,7-11H2/t14-,15+/m0/s1. The van der Waals surface area contributed by atoms with Gasteiger partial charge in [0.05, 0.1) is 11.3 Å². The molecule has 0 N–H and O–H groups in total. The summed E-state index contributed by atoms with van der Waals surface area (Å²) >= 11 is 0. The lowest BCUT2D eigenvalue weighted by molar-refractivity contribution is -0.205. The van der Waals surface area contributed by atoms with Crippen LogP contribution in [0.5, 0.6) is 11.5 Å². The second-order valence-corrected chi connectivity index (χ2v) is 7.04. The molecule has 5 rings (SSSR count). The van der Waals surface area contributed by atoms with Crippen molar-refractivity contribution in [2.24, 2.45) is 5.92 Å². The normalized spacial score (nSPS) is 27.0. The van der Waals surface area contributed by atoms with Crippen LogP contribution in [-0.4, -0.2) is 23.6 Å². The lowest BCUT2D eigenvalue weighted by atomic mass is 9.77. The molecule has 2 fully saturated rings. The monoisotopic (exact) mass is 338 g/mol. The van der Waals surface area contributed by atoms with Crippen LogP contribution < -0.4 is 9.47 Å². The topological polar surface area (TPSA) is 61.8 Å². The molecule has 0 radical (unpaired) electrons. The van der Waals surface area contributed by atoms with Gasteiger partial charge in [0.1, 0.15) is 23.4 Å². The first-order valence-corrected chi connectivity index (χ1v) is 8.76. The number of esters is 1. The van der Waals surface area contributed by atoms with Crippen LogP contribution in [0.3, 0.4) is 0 Å². The van der Waals surface area contributed by atoms with E-state index in [1.165, 1.54) is 0 Å². The van der Waals surface area contributed by atoms with E-state index in [1.807, 2.05) is 36.4 Å². The number of Topliss-reactive ketones (excluding diaryl/α,β-unsaturated/α-hetero) is 1. The number of hydrogen-bond acceptors (Lipinski definition) is 5. The van der Waals surface area contributed by atoms with Crippen molar-refractivity contribution in [1.82, 2.24) is 0 Å². The predicted octanol–water partition coefficient (Wildman–Crippen LogP) is 3.38. The summed E-state index contributed by atoms with van der Waals surface area (Å²) in [4.78, 5) is 23.7. The van der Waals surface area contributed by atoms with Crippen LogP contribution in [0.25, 0.3) is 10.8 Å². The van der Waals surface area contributed by atoms with Gasteiger partial charge in [-0.3, -0.25) is 9.59 Å². The van der Waals surface area contributed by atoms with Crippen LogP contribution in [0.15, 0.2) is 36.4 Å². The Kier molecular flexibility index (Phi) is 3.08. The molecule has 128 valence electrons. The molecule has 1 spiro atoms. The van der Waals surface area contributed by atoms with Crippen molar-refractivity contribution < 1.29 is 23.8 Å². The van der Waals surface area contributed by atoms with Crippen molar-refractivity contribution in [3.05, 3.63) is 36.4 Å². The van der Waals surface area contributed by atoms with E-state index in [0.717, 1.165) is 22.3 Å². The number of carbonyl (C=O) groups is 2. The molecule has 3 aliphatic rings. The second-order valence-electron chi connectivity index (χ2n) is 7.04. The number of carbonyl (C=O) groups excluding carboxylic acids is 2. The van der Waals surface area contributed by atoms with Gasteiger partial charge in [-0.1, -0.05) is 24.3 Å². The zero-order valence-corrected chi connectivity index (χ0v) is 13.7. The van der Waals surface area contributed by atoms with Crippen LogP contribution >= 0.6 is 0 Å². The number of hydrogen-bond donors (Lipinski definition) is 0. The highest BCUT2D eigenvalue weighted by Gasteiger charge is 2.55. The summed E-state index contributed by atoms with van der Waals surface area (Å²) in [6, 6.07) is 11.8. The minimum atomic E-state index is -0.953. The minimum Gasteiger partial charge on any atom is -0.462 e. The van der Waals surface area contributed by atoms with Gasteiger partial charge >= 0.3 is 5.97 Å². The predicted molar refractivity (Wildman–Crippen MR) is 89.4 cm³/mol. The number of rotatable bonds is 1. The smallest absolute Gasteiger partial charge is 0.306 e. The van der Waals surface area contributed by atoms with E-state index in [4.69, 9.17) is 14.2 Å². The fraction of sp³-hybridized carbons (Fsp3) is 0.400. The van der Waals surface area contributed by atoms with Gasteiger partial charge in [-0.05, 0) is 23.9 Å². The third-order valence-electron chi connectivity index (χ3n) is 5.52. The van der Waals surface area contributed by atoms with Crippen LogP contribution in [0.1, 0.15) is 32.1 Å². The molecule has 0 aromatic heterocycles. The third kappa shape index (κ3) is 2.22. The molecule has 2 aliphatic heterocycles. The van der Waals surface area contributed by atoms with Gasteiger partial charge in [-0.25, -0.2) is 0 Å². The van der Waals surface area contributed by atoms with Crippen molar-refractivity contribution in [1.29, 1.82) is 0 Å². The first-order valence-electron chi connectivity index (χ1n) is 8.76. The highest BCUT2D eigenvalue weighted by molar-refractivity contribution is 5.94. The zero-order valence-electron chi connectivity index (χ0n) is 13.7. The summed E-state index contributed by atoms with van der Waals surface area (Å²) < 4.78 is 18.2. The maximum Gasteiger partial charge on any atom is 0.306 e. The van der Waals surface area contributed by atoms with Crippen molar-refractivity contribution in [3.63, 3.8) is 0 Å². The minimum absolute atomic E-state index is 0.169. The van der Waals surface area contributed by atoms with Gasteiger partial charge in [0, 0.05) is 25.7 Å². The number of benzene rings is 2. The molecule has 25 heavy (non-hydrogen) atoms. The molecule has 2 aromatic carbocycles. The Morgan fingerprint density at radius 2 is 1.68 bits per heavy atom. The van der Waals surface area contributed by atoms with Crippen LogP contribution in [0.4, 0.5) is 0 Å². The number of ether oxygens (including phenoxy) is 3. The lowest BCUT2D eigenvalue weighted by Gasteiger charge is -2.46. The molecule has 1 saturated carbocycles. The van der Waals surface area contributed by atoms with Gasteiger partial charge in [-0.2, -0.15) is 0 Å². The Morgan fingerprint density at radius 1 is 0.960 bits per heavy atom. The maximum atomic E-state index is 12.1. The Labute approximate surface area is 144 Å². The van der Waals surface area contributed by atoms with Gasteiger partial charge in [0.15, 0.2) is 0 Å². The van der Waals surface area contributed by atoms with Crippen LogP contribution in [-0.2, 0) is 14.3 Å². The van der Waals surface area contributed by atoms with Crippen molar-refractivity contribution >= 4 is 22.5 Å². The van der Waals surface area contributed by atoms with E-state index in [9.17, 15) is 9.59 Å². The van der Waals surface area contributed by atoms with Gasteiger partial charge in [0.2, 0.25) is 0 Å². The summed E-state index contributed by atoms with van der Waals surface area (Å²) in [5.74, 6) is 0.250. The molecule has 1 saturated heterocycles. The van der Waals surface area contributed by atoms with Crippen LogP contribution in [0, 0.1) is 5.92 Å². The van der Waals surface area contributed by atoms with E-state index in [2.05, 4.69) is 0 Å². The van der Waals surface area contributed by atoms with Gasteiger partial charge in [0.25, 0.3) is 5.79 Å². The largest absolute Gasteiger partial charge is 0.462 e. The van der Waals surface area contributed by atoms with E-state index in [-0.39, 0.29) is 23.8 Å². The highest BCUT2D eigenvalue weighted by atomic mass is 16.7. The summed E-state index contributed by atoms with van der Waals surface area (Å²) in [5.41, 5.74) is 0. The van der Waals surface area contributed by atoms with E-state index in [0.29, 0.717) is 32.1 Å². The molecule has 0 bridgehead atoms. The molecule has 2 heterocycles. The fourth-order valence-electron chi connectivity index (χ4n) is 4.34. The molecule has 2 aromatic rings. The van der Waals surface area contributed by atoms with Gasteiger partial charge < -0.3 is 14.2 Å². The summed E-state index contributed by atoms with van der Waals surface area (Å²) in [5, 5.41) is 2.01. The Hall–Kier alpha value is -2.56.